The Morgan fingerprint density at radius 2 is 1.84 bits per heavy atom. The molecule has 0 aliphatic carbocycles. The van der Waals surface area contributed by atoms with Crippen molar-refractivity contribution in [1.82, 2.24) is 9.38 Å². The van der Waals surface area contributed by atoms with Gasteiger partial charge in [-0.15, -0.1) is 10.2 Å². The van der Waals surface area contributed by atoms with E-state index in [0.29, 0.717) is 11.2 Å². The van der Waals surface area contributed by atoms with E-state index in [9.17, 15) is 14.7 Å². The number of benzene rings is 1. The van der Waals surface area contributed by atoms with Gasteiger partial charge in [0.2, 0.25) is 0 Å². The van der Waals surface area contributed by atoms with Crippen molar-refractivity contribution in [3.05, 3.63) is 82.5 Å². The molecule has 0 spiro atoms. The molecule has 0 fully saturated rings. The number of aromatic nitrogens is 2. The Morgan fingerprint density at radius 1 is 1.12 bits per heavy atom. The number of allylic oxidation sites excluding steroid dienone is 1. The molecule has 0 saturated heterocycles. The summed E-state index contributed by atoms with van der Waals surface area (Å²) in [7, 11) is 0. The average Bonchev–Trinajstić information content (AvgIpc) is 2.64. The lowest BCUT2D eigenvalue weighted by molar-refractivity contribution is -0.113. The lowest BCUT2D eigenvalue weighted by atomic mass is 10.1. The van der Waals surface area contributed by atoms with Gasteiger partial charge in [-0.1, -0.05) is 36.4 Å². The summed E-state index contributed by atoms with van der Waals surface area (Å²) in [6.07, 6.45) is 2.84. The quantitative estimate of drug-likeness (QED) is 0.450. The van der Waals surface area contributed by atoms with Gasteiger partial charge in [0.1, 0.15) is 5.65 Å². The highest BCUT2D eigenvalue weighted by atomic mass is 16.3. The molecule has 3 rings (SSSR count). The van der Waals surface area contributed by atoms with Crippen molar-refractivity contribution in [3.8, 4) is 0 Å². The van der Waals surface area contributed by atoms with Crippen molar-refractivity contribution in [1.29, 1.82) is 0 Å². The summed E-state index contributed by atoms with van der Waals surface area (Å²) >= 11 is 0. The van der Waals surface area contributed by atoms with E-state index in [1.807, 2.05) is 0 Å². The smallest absolute Gasteiger partial charge is 0.285 e. The minimum atomic E-state index is -0.473. The highest BCUT2D eigenvalue weighted by Gasteiger charge is 2.13. The van der Waals surface area contributed by atoms with Gasteiger partial charge in [-0.25, -0.2) is 4.98 Å². The maximum Gasteiger partial charge on any atom is 0.285 e. The van der Waals surface area contributed by atoms with Crippen LogP contribution in [0.5, 0.6) is 0 Å². The molecule has 0 atom stereocenters. The summed E-state index contributed by atoms with van der Waals surface area (Å²) in [5.41, 5.74) is 0.212. The molecule has 1 aromatic carbocycles. The number of hydrogen-bond acceptors (Lipinski definition) is 6. The number of carbonyl (C=O) groups excluding carboxylic acids is 1. The van der Waals surface area contributed by atoms with Crippen molar-refractivity contribution >= 4 is 22.9 Å². The maximum absolute atomic E-state index is 12.4. The summed E-state index contributed by atoms with van der Waals surface area (Å²) in [5.74, 6) is -0.773. The van der Waals surface area contributed by atoms with Crippen LogP contribution in [0.3, 0.4) is 0 Å². The van der Waals surface area contributed by atoms with Gasteiger partial charge in [-0.05, 0) is 12.1 Å². The average molecular weight is 334 g/mol. The minimum absolute atomic E-state index is 0.0386. The van der Waals surface area contributed by atoms with E-state index in [2.05, 4.69) is 15.2 Å². The second-order valence-electron chi connectivity index (χ2n) is 5.20. The monoisotopic (exact) mass is 334 g/mol. The molecule has 25 heavy (non-hydrogen) atoms. The van der Waals surface area contributed by atoms with E-state index < -0.39 is 11.3 Å². The SMILES string of the molecule is CC(=O)/C(N=Nc1cnc2ccccn2c1=O)=C(/O)c1ccccc1. The number of rotatable bonds is 4. The largest absolute Gasteiger partial charge is 0.505 e. The fraction of sp³-hybridized carbons (Fsp3) is 0.0556. The lowest BCUT2D eigenvalue weighted by Crippen LogP contribution is -2.13. The summed E-state index contributed by atoms with van der Waals surface area (Å²) in [4.78, 5) is 28.3. The van der Waals surface area contributed by atoms with Crippen molar-refractivity contribution in [2.75, 3.05) is 0 Å². The molecule has 0 amide bonds. The number of nitrogens with zero attached hydrogens (tertiary/aromatic N) is 4. The molecular weight excluding hydrogens is 320 g/mol. The minimum Gasteiger partial charge on any atom is -0.505 e. The van der Waals surface area contributed by atoms with Crippen LogP contribution in [0.25, 0.3) is 11.4 Å². The third-order valence-electron chi connectivity index (χ3n) is 3.46. The zero-order valence-corrected chi connectivity index (χ0v) is 13.3. The molecule has 7 heteroatoms. The van der Waals surface area contributed by atoms with Crippen LogP contribution in [0.1, 0.15) is 12.5 Å². The number of Topliss-reactive ketones (excluding diaryl/α,β-unsaturated/α-hetero) is 1. The fourth-order valence-electron chi connectivity index (χ4n) is 2.21. The molecular formula is C18H14N4O3. The molecule has 124 valence electrons. The molecule has 0 bridgehead atoms. The molecule has 0 aliphatic rings. The summed E-state index contributed by atoms with van der Waals surface area (Å²) in [5, 5.41) is 17.9. The zero-order valence-electron chi connectivity index (χ0n) is 13.3. The van der Waals surface area contributed by atoms with Crippen molar-refractivity contribution in [2.45, 2.75) is 6.92 Å². The zero-order chi connectivity index (χ0) is 17.8. The van der Waals surface area contributed by atoms with Crippen molar-refractivity contribution in [3.63, 3.8) is 0 Å². The number of ketones is 1. The Balaban J connectivity index is 2.06. The number of fused-ring (bicyclic) bond motifs is 1. The molecule has 3 aromatic rings. The second-order valence-corrected chi connectivity index (χ2v) is 5.20. The topological polar surface area (TPSA) is 96.4 Å². The first-order chi connectivity index (χ1) is 12.1. The summed E-state index contributed by atoms with van der Waals surface area (Å²) < 4.78 is 1.32. The van der Waals surface area contributed by atoms with Crippen LogP contribution in [-0.2, 0) is 4.79 Å². The Morgan fingerprint density at radius 3 is 2.56 bits per heavy atom. The first-order valence-electron chi connectivity index (χ1n) is 7.45. The Bertz CT molecular complexity index is 1050. The third-order valence-corrected chi connectivity index (χ3v) is 3.46. The fourth-order valence-corrected chi connectivity index (χ4v) is 2.21. The van der Waals surface area contributed by atoms with Crippen molar-refractivity contribution in [2.24, 2.45) is 10.2 Å². The van der Waals surface area contributed by atoms with E-state index in [0.717, 1.165) is 0 Å². The molecule has 7 nitrogen and oxygen atoms in total. The number of pyridine rings is 1. The van der Waals surface area contributed by atoms with Crippen molar-refractivity contribution < 1.29 is 9.90 Å². The van der Waals surface area contributed by atoms with E-state index in [1.54, 1.807) is 54.7 Å². The first-order valence-corrected chi connectivity index (χ1v) is 7.45. The Hall–Kier alpha value is -3.61. The molecule has 0 unspecified atom stereocenters. The molecule has 2 aromatic heterocycles. The van der Waals surface area contributed by atoms with Crippen LogP contribution in [0.4, 0.5) is 5.69 Å². The first kappa shape index (κ1) is 16.3. The van der Waals surface area contributed by atoms with Gasteiger partial charge < -0.3 is 5.11 Å². The summed E-state index contributed by atoms with van der Waals surface area (Å²) in [6.45, 7) is 1.26. The van der Waals surface area contributed by atoms with E-state index in [4.69, 9.17) is 0 Å². The second kappa shape index (κ2) is 6.88. The van der Waals surface area contributed by atoms with Gasteiger partial charge in [0, 0.05) is 18.7 Å². The van der Waals surface area contributed by atoms with Crippen LogP contribution >= 0.6 is 0 Å². The van der Waals surface area contributed by atoms with Gasteiger partial charge in [0.05, 0.1) is 6.20 Å². The Kier molecular flexibility index (Phi) is 4.47. The van der Waals surface area contributed by atoms with Crippen LogP contribution in [-0.4, -0.2) is 20.3 Å². The maximum atomic E-state index is 12.4. The number of aliphatic hydroxyl groups excluding tert-OH is 1. The van der Waals surface area contributed by atoms with Gasteiger partial charge in [-0.3, -0.25) is 14.0 Å². The molecule has 1 N–H and O–H groups in total. The number of carbonyl (C=O) groups is 1. The number of aliphatic hydroxyl groups is 1. The van der Waals surface area contributed by atoms with E-state index in [-0.39, 0.29) is 17.1 Å². The molecule has 0 radical (unpaired) electrons. The van der Waals surface area contributed by atoms with Crippen LogP contribution in [0.2, 0.25) is 0 Å². The number of azo groups is 1. The van der Waals surface area contributed by atoms with E-state index >= 15 is 0 Å². The predicted molar refractivity (Wildman–Crippen MR) is 92.6 cm³/mol. The lowest BCUT2D eigenvalue weighted by Gasteiger charge is -2.03. The van der Waals surface area contributed by atoms with Crippen LogP contribution < -0.4 is 5.56 Å². The Labute approximate surface area is 142 Å². The number of hydrogen-bond donors (Lipinski definition) is 1. The molecule has 0 aliphatic heterocycles. The predicted octanol–water partition coefficient (Wildman–Crippen LogP) is 3.29. The van der Waals surface area contributed by atoms with Crippen LogP contribution in [0, 0.1) is 0 Å². The van der Waals surface area contributed by atoms with Gasteiger partial charge >= 0.3 is 0 Å². The standard InChI is InChI=1S/C18H14N4O3/c1-12(23)16(17(24)13-7-3-2-4-8-13)21-20-14-11-19-15-9-5-6-10-22(15)18(14)25/h2-11,24H,1H3/b17-16-,21-20?. The van der Waals surface area contributed by atoms with E-state index in [1.165, 1.54) is 17.5 Å². The third kappa shape index (κ3) is 3.35. The molecule has 0 saturated carbocycles. The van der Waals surface area contributed by atoms with Crippen LogP contribution in [0.15, 0.2) is 81.6 Å². The van der Waals surface area contributed by atoms with Gasteiger partial charge in [0.15, 0.2) is 22.9 Å². The highest BCUT2D eigenvalue weighted by molar-refractivity contribution is 5.99. The molecule has 2 heterocycles. The summed E-state index contributed by atoms with van der Waals surface area (Å²) in [6, 6.07) is 13.6. The highest BCUT2D eigenvalue weighted by Crippen LogP contribution is 2.19. The normalized spacial score (nSPS) is 12.4. The van der Waals surface area contributed by atoms with Gasteiger partial charge in [-0.2, -0.15) is 0 Å². The van der Waals surface area contributed by atoms with Gasteiger partial charge in [0.25, 0.3) is 5.56 Å².